The summed E-state index contributed by atoms with van der Waals surface area (Å²) in [6, 6.07) is 8.00. The number of rotatable bonds is 6. The van der Waals surface area contributed by atoms with Crippen molar-refractivity contribution < 1.29 is 9.84 Å². The van der Waals surface area contributed by atoms with E-state index in [9.17, 15) is 0 Å². The topological polar surface area (TPSA) is 42.4 Å². The molecule has 4 heteroatoms. The number of hydrogen-bond donors (Lipinski definition) is 1. The van der Waals surface area contributed by atoms with Crippen LogP contribution in [-0.4, -0.2) is 16.7 Å². The lowest BCUT2D eigenvalue weighted by atomic mass is 10.2. The van der Waals surface area contributed by atoms with Gasteiger partial charge in [-0.25, -0.2) is 4.98 Å². The largest absolute Gasteiger partial charge is 0.486 e. The minimum Gasteiger partial charge on any atom is -0.486 e. The van der Waals surface area contributed by atoms with Crippen LogP contribution in [0.5, 0.6) is 5.75 Å². The van der Waals surface area contributed by atoms with Crippen LogP contribution in [0.4, 0.5) is 0 Å². The first-order chi connectivity index (χ1) is 8.78. The quantitative estimate of drug-likeness (QED) is 0.871. The molecule has 96 valence electrons. The maximum absolute atomic E-state index is 8.76. The highest BCUT2D eigenvalue weighted by atomic mass is 32.1. The first-order valence-electron chi connectivity index (χ1n) is 6.01. The van der Waals surface area contributed by atoms with Crippen molar-refractivity contribution in [1.82, 2.24) is 4.98 Å². The molecule has 1 N–H and O–H groups in total. The fraction of sp³-hybridized carbons (Fsp3) is 0.357. The second-order valence-corrected chi connectivity index (χ2v) is 5.10. The van der Waals surface area contributed by atoms with Crippen LogP contribution in [0.15, 0.2) is 29.6 Å². The number of benzene rings is 1. The molecule has 1 aromatic heterocycles. The number of nitrogens with zero attached hydrogens (tertiary/aromatic N) is 1. The molecular formula is C14H17NO2S. The number of aryl methyl sites for hydroxylation is 2. The number of aliphatic hydroxyl groups is 1. The van der Waals surface area contributed by atoms with Crippen molar-refractivity contribution in [3.8, 4) is 5.75 Å². The summed E-state index contributed by atoms with van der Waals surface area (Å²) in [5.74, 6) is 0.868. The highest BCUT2D eigenvalue weighted by molar-refractivity contribution is 7.09. The summed E-state index contributed by atoms with van der Waals surface area (Å²) >= 11 is 1.60. The molecule has 0 aliphatic heterocycles. The van der Waals surface area contributed by atoms with E-state index in [1.54, 1.807) is 11.3 Å². The Bertz CT molecular complexity index is 479. The third kappa shape index (κ3) is 3.82. The fourth-order valence-corrected chi connectivity index (χ4v) is 2.31. The average Bonchev–Trinajstić information content (AvgIpc) is 2.84. The number of aliphatic hydroxyl groups excluding tert-OH is 1. The van der Waals surface area contributed by atoms with Crippen molar-refractivity contribution in [3.63, 3.8) is 0 Å². The van der Waals surface area contributed by atoms with E-state index >= 15 is 0 Å². The number of thiazole rings is 1. The molecule has 0 spiro atoms. The van der Waals surface area contributed by atoms with E-state index in [2.05, 4.69) is 11.9 Å². The summed E-state index contributed by atoms with van der Waals surface area (Å²) in [5.41, 5.74) is 2.26. The van der Waals surface area contributed by atoms with Crippen LogP contribution in [-0.2, 0) is 13.0 Å². The molecule has 0 saturated heterocycles. The Kier molecular flexibility index (Phi) is 4.73. The zero-order valence-corrected chi connectivity index (χ0v) is 11.2. The molecule has 0 saturated carbocycles. The van der Waals surface area contributed by atoms with Gasteiger partial charge < -0.3 is 9.84 Å². The number of hydrogen-bond acceptors (Lipinski definition) is 4. The summed E-state index contributed by atoms with van der Waals surface area (Å²) in [6.45, 7) is 2.78. The van der Waals surface area contributed by atoms with Gasteiger partial charge in [0.25, 0.3) is 0 Å². The van der Waals surface area contributed by atoms with Crippen molar-refractivity contribution in [2.24, 2.45) is 0 Å². The van der Waals surface area contributed by atoms with Gasteiger partial charge >= 0.3 is 0 Å². The molecule has 0 amide bonds. The third-order valence-electron chi connectivity index (χ3n) is 2.57. The summed E-state index contributed by atoms with van der Waals surface area (Å²) in [7, 11) is 0. The standard InChI is InChI=1S/C14H17NO2S/c1-11-4-6-13(7-5-11)17-9-14-15-12(10-18-14)3-2-8-16/h4-7,10,16H,2-3,8-9H2,1H3. The van der Waals surface area contributed by atoms with Crippen LogP contribution in [0.1, 0.15) is 22.7 Å². The highest BCUT2D eigenvalue weighted by Crippen LogP contribution is 2.16. The number of ether oxygens (including phenoxy) is 1. The van der Waals surface area contributed by atoms with E-state index < -0.39 is 0 Å². The highest BCUT2D eigenvalue weighted by Gasteiger charge is 2.03. The molecule has 18 heavy (non-hydrogen) atoms. The normalized spacial score (nSPS) is 10.6. The summed E-state index contributed by atoms with van der Waals surface area (Å²) in [6.07, 6.45) is 1.60. The average molecular weight is 263 g/mol. The maximum atomic E-state index is 8.76. The third-order valence-corrected chi connectivity index (χ3v) is 3.44. The van der Waals surface area contributed by atoms with Crippen molar-refractivity contribution in [2.75, 3.05) is 6.61 Å². The number of aromatic nitrogens is 1. The van der Waals surface area contributed by atoms with Gasteiger partial charge in [0, 0.05) is 12.0 Å². The second-order valence-electron chi connectivity index (χ2n) is 4.16. The van der Waals surface area contributed by atoms with E-state index in [1.807, 2.05) is 29.6 Å². The van der Waals surface area contributed by atoms with Crippen LogP contribution in [0, 0.1) is 6.92 Å². The molecule has 2 aromatic rings. The fourth-order valence-electron chi connectivity index (χ4n) is 1.57. The smallest absolute Gasteiger partial charge is 0.140 e. The van der Waals surface area contributed by atoms with Gasteiger partial charge in [-0.3, -0.25) is 0 Å². The van der Waals surface area contributed by atoms with Crippen LogP contribution < -0.4 is 4.74 Å². The Labute approximate surface area is 111 Å². The van der Waals surface area contributed by atoms with Crippen molar-refractivity contribution in [1.29, 1.82) is 0 Å². The molecule has 0 aliphatic carbocycles. The van der Waals surface area contributed by atoms with Crippen molar-refractivity contribution in [2.45, 2.75) is 26.4 Å². The van der Waals surface area contributed by atoms with Crippen LogP contribution in [0.2, 0.25) is 0 Å². The van der Waals surface area contributed by atoms with E-state index in [0.717, 1.165) is 29.3 Å². The minimum atomic E-state index is 0.215. The van der Waals surface area contributed by atoms with Gasteiger partial charge in [-0.1, -0.05) is 17.7 Å². The van der Waals surface area contributed by atoms with Gasteiger partial charge in [-0.15, -0.1) is 11.3 Å². The Morgan fingerprint density at radius 1 is 1.28 bits per heavy atom. The summed E-state index contributed by atoms with van der Waals surface area (Å²) < 4.78 is 5.66. The van der Waals surface area contributed by atoms with Gasteiger partial charge in [-0.05, 0) is 31.9 Å². The summed E-state index contributed by atoms with van der Waals surface area (Å²) in [5, 5.41) is 11.8. The van der Waals surface area contributed by atoms with Gasteiger partial charge in [0.1, 0.15) is 17.4 Å². The lowest BCUT2D eigenvalue weighted by Gasteiger charge is -2.03. The molecule has 3 nitrogen and oxygen atoms in total. The predicted octanol–water partition coefficient (Wildman–Crippen LogP) is 2.96. The maximum Gasteiger partial charge on any atom is 0.140 e. The SMILES string of the molecule is Cc1ccc(OCc2nc(CCCO)cs2)cc1. The monoisotopic (exact) mass is 263 g/mol. The van der Waals surface area contributed by atoms with Crippen molar-refractivity contribution in [3.05, 3.63) is 45.9 Å². The van der Waals surface area contributed by atoms with E-state index in [0.29, 0.717) is 6.61 Å². The van der Waals surface area contributed by atoms with Gasteiger partial charge in [0.05, 0.1) is 5.69 Å². The zero-order chi connectivity index (χ0) is 12.8. The lowest BCUT2D eigenvalue weighted by molar-refractivity contribution is 0.287. The molecule has 0 radical (unpaired) electrons. The summed E-state index contributed by atoms with van der Waals surface area (Å²) in [4.78, 5) is 4.46. The molecular weight excluding hydrogens is 246 g/mol. The van der Waals surface area contributed by atoms with Gasteiger partial charge in [0.15, 0.2) is 0 Å². The van der Waals surface area contributed by atoms with E-state index in [1.165, 1.54) is 5.56 Å². The van der Waals surface area contributed by atoms with E-state index in [-0.39, 0.29) is 6.61 Å². The van der Waals surface area contributed by atoms with E-state index in [4.69, 9.17) is 9.84 Å². The Hall–Kier alpha value is -1.39. The molecule has 0 unspecified atom stereocenters. The Morgan fingerprint density at radius 3 is 2.78 bits per heavy atom. The second kappa shape index (κ2) is 6.52. The molecule has 0 fully saturated rings. The molecule has 0 atom stereocenters. The Morgan fingerprint density at radius 2 is 2.06 bits per heavy atom. The Balaban J connectivity index is 1.86. The molecule has 2 rings (SSSR count). The minimum absolute atomic E-state index is 0.215. The van der Waals surface area contributed by atoms with Crippen LogP contribution in [0.3, 0.4) is 0 Å². The predicted molar refractivity (Wildman–Crippen MR) is 73.0 cm³/mol. The van der Waals surface area contributed by atoms with Crippen molar-refractivity contribution >= 4 is 11.3 Å². The zero-order valence-electron chi connectivity index (χ0n) is 10.4. The molecule has 0 aliphatic rings. The van der Waals surface area contributed by atoms with Crippen LogP contribution in [0.25, 0.3) is 0 Å². The first-order valence-corrected chi connectivity index (χ1v) is 6.89. The lowest BCUT2D eigenvalue weighted by Crippen LogP contribution is -1.96. The van der Waals surface area contributed by atoms with Gasteiger partial charge in [0.2, 0.25) is 0 Å². The van der Waals surface area contributed by atoms with Gasteiger partial charge in [-0.2, -0.15) is 0 Å². The van der Waals surface area contributed by atoms with Crippen LogP contribution >= 0.6 is 11.3 Å². The molecule has 1 heterocycles. The first kappa shape index (κ1) is 13.1. The molecule has 1 aromatic carbocycles. The molecule has 0 bridgehead atoms.